The van der Waals surface area contributed by atoms with Gasteiger partial charge < -0.3 is 5.32 Å². The van der Waals surface area contributed by atoms with Crippen LogP contribution in [0.5, 0.6) is 0 Å². The highest BCUT2D eigenvalue weighted by molar-refractivity contribution is 9.09. The van der Waals surface area contributed by atoms with Crippen molar-refractivity contribution in [3.05, 3.63) is 35.4 Å². The zero-order chi connectivity index (χ0) is 9.68. The Labute approximate surface area is 84.3 Å². The fourth-order valence-electron chi connectivity index (χ4n) is 0.981. The van der Waals surface area contributed by atoms with E-state index in [0.29, 0.717) is 6.54 Å². The number of hydrogen-bond donors (Lipinski definition) is 1. The third-order valence-electron chi connectivity index (χ3n) is 1.63. The van der Waals surface area contributed by atoms with Crippen LogP contribution >= 0.6 is 15.9 Å². The van der Waals surface area contributed by atoms with Gasteiger partial charge in [-0.2, -0.15) is 0 Å². The Morgan fingerprint density at radius 3 is 2.38 bits per heavy atom. The highest BCUT2D eigenvalue weighted by atomic mass is 79.9. The molecule has 0 spiro atoms. The zero-order valence-corrected chi connectivity index (χ0v) is 8.57. The molecular formula is C9H10BrF2N. The van der Waals surface area contributed by atoms with Crippen molar-refractivity contribution in [1.29, 1.82) is 0 Å². The molecule has 0 heterocycles. The molecule has 0 aliphatic heterocycles. The first kappa shape index (κ1) is 10.6. The van der Waals surface area contributed by atoms with E-state index in [1.807, 2.05) is 0 Å². The van der Waals surface area contributed by atoms with Crippen LogP contribution in [-0.2, 0) is 6.54 Å². The normalized spacial score (nSPS) is 10.4. The number of rotatable bonds is 4. The van der Waals surface area contributed by atoms with Crippen LogP contribution in [-0.4, -0.2) is 11.9 Å². The molecule has 0 aliphatic carbocycles. The molecule has 0 saturated carbocycles. The lowest BCUT2D eigenvalue weighted by Gasteiger charge is -2.04. The summed E-state index contributed by atoms with van der Waals surface area (Å²) in [4.78, 5) is 0. The maximum absolute atomic E-state index is 13.0. The fourth-order valence-corrected chi connectivity index (χ4v) is 1.26. The van der Waals surface area contributed by atoms with Crippen molar-refractivity contribution in [2.45, 2.75) is 6.54 Å². The van der Waals surface area contributed by atoms with E-state index >= 15 is 0 Å². The second kappa shape index (κ2) is 5.29. The van der Waals surface area contributed by atoms with Gasteiger partial charge in [-0.1, -0.05) is 22.0 Å². The molecule has 13 heavy (non-hydrogen) atoms. The first-order valence-corrected chi connectivity index (χ1v) is 5.07. The summed E-state index contributed by atoms with van der Waals surface area (Å²) in [7, 11) is 0. The largest absolute Gasteiger partial charge is 0.312 e. The molecule has 1 N–H and O–H groups in total. The summed E-state index contributed by atoms with van der Waals surface area (Å²) in [5.41, 5.74) is 0.100. The lowest BCUT2D eigenvalue weighted by atomic mass is 10.2. The molecule has 4 heteroatoms. The summed E-state index contributed by atoms with van der Waals surface area (Å²) in [6, 6.07) is 3.88. The molecule has 0 radical (unpaired) electrons. The van der Waals surface area contributed by atoms with Crippen molar-refractivity contribution in [2.24, 2.45) is 0 Å². The SMILES string of the molecule is Fc1cccc(F)c1CNCCBr. The van der Waals surface area contributed by atoms with Crippen LogP contribution in [0.3, 0.4) is 0 Å². The van der Waals surface area contributed by atoms with E-state index in [-0.39, 0.29) is 12.1 Å². The standard InChI is InChI=1S/C9H10BrF2N/c10-4-5-13-6-7-8(11)2-1-3-9(7)12/h1-3,13H,4-6H2. The molecule has 0 saturated heterocycles. The molecular weight excluding hydrogens is 240 g/mol. The molecule has 0 fully saturated rings. The van der Waals surface area contributed by atoms with Gasteiger partial charge in [0.1, 0.15) is 11.6 Å². The summed E-state index contributed by atoms with van der Waals surface area (Å²) in [6.45, 7) is 0.915. The second-order valence-electron chi connectivity index (χ2n) is 2.57. The molecule has 72 valence electrons. The molecule has 0 aliphatic rings. The fraction of sp³-hybridized carbons (Fsp3) is 0.333. The Kier molecular flexibility index (Phi) is 4.32. The number of nitrogens with one attached hydrogen (secondary N) is 1. The van der Waals surface area contributed by atoms with Gasteiger partial charge in [0.15, 0.2) is 0 Å². The lowest BCUT2D eigenvalue weighted by Crippen LogP contribution is -2.17. The van der Waals surface area contributed by atoms with Gasteiger partial charge in [0.05, 0.1) is 0 Å². The predicted octanol–water partition coefficient (Wildman–Crippen LogP) is 2.45. The van der Waals surface area contributed by atoms with Crippen molar-refractivity contribution in [3.8, 4) is 0 Å². The van der Waals surface area contributed by atoms with Crippen LogP contribution in [0.2, 0.25) is 0 Å². The van der Waals surface area contributed by atoms with Crippen molar-refractivity contribution >= 4 is 15.9 Å². The molecule has 0 unspecified atom stereocenters. The van der Waals surface area contributed by atoms with E-state index in [4.69, 9.17) is 0 Å². The summed E-state index contributed by atoms with van der Waals surface area (Å²) < 4.78 is 26.0. The molecule has 0 amide bonds. The monoisotopic (exact) mass is 249 g/mol. The summed E-state index contributed by atoms with van der Waals surface area (Å²) in [6.07, 6.45) is 0. The molecule has 1 rings (SSSR count). The van der Waals surface area contributed by atoms with Gasteiger partial charge in [0.2, 0.25) is 0 Å². The molecule has 0 atom stereocenters. The first-order chi connectivity index (χ1) is 6.25. The Morgan fingerprint density at radius 2 is 1.85 bits per heavy atom. The summed E-state index contributed by atoms with van der Waals surface area (Å²) in [5, 5.41) is 3.67. The van der Waals surface area contributed by atoms with Crippen molar-refractivity contribution in [3.63, 3.8) is 0 Å². The molecule has 1 nitrogen and oxygen atoms in total. The topological polar surface area (TPSA) is 12.0 Å². The number of alkyl halides is 1. The highest BCUT2D eigenvalue weighted by Gasteiger charge is 2.06. The van der Waals surface area contributed by atoms with Crippen molar-refractivity contribution in [1.82, 2.24) is 5.32 Å². The van der Waals surface area contributed by atoms with Gasteiger partial charge in [-0.05, 0) is 12.1 Å². The predicted molar refractivity (Wildman–Crippen MR) is 51.9 cm³/mol. The van der Waals surface area contributed by atoms with E-state index in [9.17, 15) is 8.78 Å². The maximum Gasteiger partial charge on any atom is 0.130 e. The average molecular weight is 250 g/mol. The Bertz CT molecular complexity index is 258. The van der Waals surface area contributed by atoms with E-state index < -0.39 is 11.6 Å². The zero-order valence-electron chi connectivity index (χ0n) is 6.99. The number of halogens is 3. The Balaban J connectivity index is 2.64. The molecule has 1 aromatic rings. The molecule has 1 aromatic carbocycles. The highest BCUT2D eigenvalue weighted by Crippen LogP contribution is 2.11. The smallest absolute Gasteiger partial charge is 0.130 e. The maximum atomic E-state index is 13.0. The minimum Gasteiger partial charge on any atom is -0.312 e. The third kappa shape index (κ3) is 3.04. The van der Waals surface area contributed by atoms with Crippen LogP contribution in [0.15, 0.2) is 18.2 Å². The van der Waals surface area contributed by atoms with Crippen LogP contribution < -0.4 is 5.32 Å². The number of benzene rings is 1. The van der Waals surface area contributed by atoms with Gasteiger partial charge in [-0.3, -0.25) is 0 Å². The Hall–Kier alpha value is -0.480. The summed E-state index contributed by atoms with van der Waals surface area (Å²) in [5.74, 6) is -0.996. The Morgan fingerprint density at radius 1 is 1.23 bits per heavy atom. The number of hydrogen-bond acceptors (Lipinski definition) is 1. The van der Waals surface area contributed by atoms with Gasteiger partial charge in [0, 0.05) is 24.0 Å². The van der Waals surface area contributed by atoms with E-state index in [1.165, 1.54) is 18.2 Å². The van der Waals surface area contributed by atoms with Crippen LogP contribution in [0.1, 0.15) is 5.56 Å². The first-order valence-electron chi connectivity index (χ1n) is 3.95. The van der Waals surface area contributed by atoms with E-state index in [1.54, 1.807) is 0 Å². The van der Waals surface area contributed by atoms with Gasteiger partial charge >= 0.3 is 0 Å². The van der Waals surface area contributed by atoms with Crippen molar-refractivity contribution < 1.29 is 8.78 Å². The lowest BCUT2D eigenvalue weighted by molar-refractivity contribution is 0.540. The van der Waals surface area contributed by atoms with Crippen LogP contribution in [0.4, 0.5) is 8.78 Å². The van der Waals surface area contributed by atoms with Crippen LogP contribution in [0.25, 0.3) is 0 Å². The minimum absolute atomic E-state index is 0.100. The van der Waals surface area contributed by atoms with E-state index in [0.717, 1.165) is 5.33 Å². The average Bonchev–Trinajstić information content (AvgIpc) is 2.10. The third-order valence-corrected chi connectivity index (χ3v) is 2.03. The second-order valence-corrected chi connectivity index (χ2v) is 3.36. The molecule has 0 aromatic heterocycles. The van der Waals surface area contributed by atoms with Gasteiger partial charge in [-0.15, -0.1) is 0 Å². The molecule has 0 bridgehead atoms. The van der Waals surface area contributed by atoms with E-state index in [2.05, 4.69) is 21.2 Å². The van der Waals surface area contributed by atoms with Crippen molar-refractivity contribution in [2.75, 3.05) is 11.9 Å². The quantitative estimate of drug-likeness (QED) is 0.639. The minimum atomic E-state index is -0.498. The van der Waals surface area contributed by atoms with Gasteiger partial charge in [0.25, 0.3) is 0 Å². The van der Waals surface area contributed by atoms with Crippen LogP contribution in [0, 0.1) is 11.6 Å². The summed E-state index contributed by atoms with van der Waals surface area (Å²) >= 11 is 3.21. The van der Waals surface area contributed by atoms with Gasteiger partial charge in [-0.25, -0.2) is 8.78 Å².